The van der Waals surface area contributed by atoms with Gasteiger partial charge in [-0.2, -0.15) is 0 Å². The molecule has 2 fully saturated rings. The first-order valence-corrected chi connectivity index (χ1v) is 12.9. The highest BCUT2D eigenvalue weighted by atomic mass is 16.4. The minimum absolute atomic E-state index is 0.00462. The van der Waals surface area contributed by atoms with Gasteiger partial charge in [-0.1, -0.05) is 6.92 Å². The zero-order valence-electron chi connectivity index (χ0n) is 21.8. The van der Waals surface area contributed by atoms with Crippen LogP contribution in [0.2, 0.25) is 0 Å². The van der Waals surface area contributed by atoms with E-state index in [1.165, 1.54) is 5.56 Å². The summed E-state index contributed by atoms with van der Waals surface area (Å²) in [5, 5.41) is 0. The highest BCUT2D eigenvalue weighted by molar-refractivity contribution is 5.86. The van der Waals surface area contributed by atoms with E-state index >= 15 is 0 Å². The molecule has 9 heteroatoms. The Morgan fingerprint density at radius 3 is 2.64 bits per heavy atom. The Kier molecular flexibility index (Phi) is 7.96. The van der Waals surface area contributed by atoms with Crippen molar-refractivity contribution in [3.8, 4) is 11.3 Å². The molecule has 2 saturated heterocycles. The largest absolute Gasteiger partial charge is 0.441 e. The van der Waals surface area contributed by atoms with Gasteiger partial charge >= 0.3 is 0 Å². The van der Waals surface area contributed by atoms with Crippen LogP contribution in [0.3, 0.4) is 0 Å². The molecule has 9 nitrogen and oxygen atoms in total. The van der Waals surface area contributed by atoms with E-state index in [9.17, 15) is 14.4 Å². The fourth-order valence-corrected chi connectivity index (χ4v) is 5.31. The second kappa shape index (κ2) is 11.1. The number of carbonyl (C=O) groups excluding carboxylic acids is 3. The zero-order chi connectivity index (χ0) is 25.8. The van der Waals surface area contributed by atoms with E-state index in [1.807, 2.05) is 18.7 Å². The molecule has 36 heavy (non-hydrogen) atoms. The van der Waals surface area contributed by atoms with Crippen LogP contribution in [0.5, 0.6) is 0 Å². The molecule has 4 rings (SSSR count). The Morgan fingerprint density at radius 1 is 1.17 bits per heavy atom. The third-order valence-electron chi connectivity index (χ3n) is 7.34. The molecule has 0 bridgehead atoms. The molecular weight excluding hydrogens is 458 g/mol. The Hall–Kier alpha value is -3.36. The quantitative estimate of drug-likeness (QED) is 0.587. The van der Waals surface area contributed by atoms with Crippen LogP contribution in [-0.4, -0.2) is 89.3 Å². The lowest BCUT2D eigenvalue weighted by Gasteiger charge is -2.28. The van der Waals surface area contributed by atoms with Crippen molar-refractivity contribution in [2.75, 3.05) is 50.7 Å². The molecule has 1 unspecified atom stereocenters. The fraction of sp³-hybridized carbons (Fsp3) is 0.556. The lowest BCUT2D eigenvalue weighted by molar-refractivity contribution is -0.139. The third-order valence-corrected chi connectivity index (χ3v) is 7.34. The topological polar surface area (TPSA) is 90.2 Å². The van der Waals surface area contributed by atoms with Gasteiger partial charge < -0.3 is 24.0 Å². The summed E-state index contributed by atoms with van der Waals surface area (Å²) in [5.41, 5.74) is 3.27. The molecule has 2 aliphatic rings. The first-order valence-electron chi connectivity index (χ1n) is 12.9. The summed E-state index contributed by atoms with van der Waals surface area (Å²) in [5.74, 6) is 1.41. The standard InChI is InChI=1S/C27H37N5O4/c1-5-21-15-22(7-8-24(21)25-16-28-19(3)36-25)29-12-10-26(34)31(14-13-29)18-27(35)30-11-9-23(17-30)32(6-2)20(4)33/h7-8,15-16,23H,5-6,9-14,17-18H2,1-4H3. The molecule has 1 aromatic heterocycles. The Bertz CT molecular complexity index is 1110. The van der Waals surface area contributed by atoms with Gasteiger partial charge in [0.15, 0.2) is 11.7 Å². The second-order valence-electron chi connectivity index (χ2n) is 9.58. The van der Waals surface area contributed by atoms with E-state index in [1.54, 1.807) is 22.9 Å². The predicted octanol–water partition coefficient (Wildman–Crippen LogP) is 2.72. The number of nitrogens with zero attached hydrogens (tertiary/aromatic N) is 5. The van der Waals surface area contributed by atoms with Crippen molar-refractivity contribution in [2.45, 2.75) is 53.0 Å². The first kappa shape index (κ1) is 25.7. The van der Waals surface area contributed by atoms with Crippen LogP contribution in [-0.2, 0) is 20.8 Å². The molecule has 1 atom stereocenters. The number of anilines is 1. The number of likely N-dealkylation sites (N-methyl/N-ethyl adjacent to an activating group) is 1. The van der Waals surface area contributed by atoms with Gasteiger partial charge in [-0.3, -0.25) is 14.4 Å². The van der Waals surface area contributed by atoms with Crippen molar-refractivity contribution in [3.63, 3.8) is 0 Å². The summed E-state index contributed by atoms with van der Waals surface area (Å²) in [7, 11) is 0. The lowest BCUT2D eigenvalue weighted by atomic mass is 10.0. The first-order chi connectivity index (χ1) is 17.3. The summed E-state index contributed by atoms with van der Waals surface area (Å²) >= 11 is 0. The van der Waals surface area contributed by atoms with Crippen molar-refractivity contribution in [1.29, 1.82) is 0 Å². The minimum atomic E-state index is -0.0427. The minimum Gasteiger partial charge on any atom is -0.441 e. The third kappa shape index (κ3) is 5.55. The van der Waals surface area contributed by atoms with Gasteiger partial charge in [0.05, 0.1) is 18.8 Å². The van der Waals surface area contributed by atoms with E-state index in [2.05, 4.69) is 35.0 Å². The van der Waals surface area contributed by atoms with E-state index in [0.717, 1.165) is 29.9 Å². The average molecular weight is 496 g/mol. The number of amides is 3. The summed E-state index contributed by atoms with van der Waals surface area (Å²) in [4.78, 5) is 49.5. The predicted molar refractivity (Wildman–Crippen MR) is 138 cm³/mol. The lowest BCUT2D eigenvalue weighted by Crippen LogP contribution is -2.45. The van der Waals surface area contributed by atoms with Crippen molar-refractivity contribution in [1.82, 2.24) is 19.7 Å². The van der Waals surface area contributed by atoms with E-state index in [0.29, 0.717) is 51.6 Å². The smallest absolute Gasteiger partial charge is 0.242 e. The normalized spacial score (nSPS) is 18.5. The van der Waals surface area contributed by atoms with E-state index in [-0.39, 0.29) is 30.3 Å². The maximum absolute atomic E-state index is 13.0. The maximum Gasteiger partial charge on any atom is 0.242 e. The van der Waals surface area contributed by atoms with Gasteiger partial charge in [-0.15, -0.1) is 0 Å². The summed E-state index contributed by atoms with van der Waals surface area (Å²) in [6, 6.07) is 6.35. The number of oxazole rings is 1. The average Bonchev–Trinajstić information content (AvgIpc) is 3.48. The zero-order valence-corrected chi connectivity index (χ0v) is 21.8. The maximum atomic E-state index is 13.0. The summed E-state index contributed by atoms with van der Waals surface area (Å²) in [6.07, 6.45) is 3.76. The molecular formula is C27H37N5O4. The number of likely N-dealkylation sites (tertiary alicyclic amines) is 1. The van der Waals surface area contributed by atoms with Gasteiger partial charge in [0, 0.05) is 70.8 Å². The Labute approximate surface area is 213 Å². The van der Waals surface area contributed by atoms with Gasteiger partial charge in [0.25, 0.3) is 0 Å². The van der Waals surface area contributed by atoms with Crippen LogP contribution in [0.4, 0.5) is 5.69 Å². The van der Waals surface area contributed by atoms with Crippen molar-refractivity contribution < 1.29 is 18.8 Å². The number of benzene rings is 1. The van der Waals surface area contributed by atoms with Crippen LogP contribution >= 0.6 is 0 Å². The molecule has 194 valence electrons. The molecule has 0 spiro atoms. The summed E-state index contributed by atoms with van der Waals surface area (Å²) < 4.78 is 5.73. The van der Waals surface area contributed by atoms with Gasteiger partial charge in [-0.05, 0) is 43.5 Å². The van der Waals surface area contributed by atoms with Crippen LogP contribution in [0.25, 0.3) is 11.3 Å². The van der Waals surface area contributed by atoms with Gasteiger partial charge in [-0.25, -0.2) is 4.98 Å². The molecule has 3 amide bonds. The molecule has 0 N–H and O–H groups in total. The highest BCUT2D eigenvalue weighted by Crippen LogP contribution is 2.29. The molecule has 2 aliphatic heterocycles. The van der Waals surface area contributed by atoms with Crippen LogP contribution in [0.15, 0.2) is 28.8 Å². The molecule has 2 aromatic rings. The van der Waals surface area contributed by atoms with Crippen molar-refractivity contribution >= 4 is 23.4 Å². The van der Waals surface area contributed by atoms with Gasteiger partial charge in [0.2, 0.25) is 17.7 Å². The molecule has 0 saturated carbocycles. The molecule has 3 heterocycles. The van der Waals surface area contributed by atoms with Crippen LogP contribution in [0, 0.1) is 6.92 Å². The molecule has 0 radical (unpaired) electrons. The van der Waals surface area contributed by atoms with Crippen molar-refractivity contribution in [2.24, 2.45) is 0 Å². The van der Waals surface area contributed by atoms with Gasteiger partial charge in [0.1, 0.15) is 0 Å². The van der Waals surface area contributed by atoms with Crippen molar-refractivity contribution in [3.05, 3.63) is 35.9 Å². The Morgan fingerprint density at radius 2 is 1.97 bits per heavy atom. The summed E-state index contributed by atoms with van der Waals surface area (Å²) in [6.45, 7) is 11.2. The monoisotopic (exact) mass is 495 g/mol. The van der Waals surface area contributed by atoms with E-state index in [4.69, 9.17) is 4.42 Å². The molecule has 1 aromatic carbocycles. The number of hydrogen-bond donors (Lipinski definition) is 0. The van der Waals surface area contributed by atoms with Crippen LogP contribution in [0.1, 0.15) is 45.1 Å². The highest BCUT2D eigenvalue weighted by Gasteiger charge is 2.32. The molecule has 0 aliphatic carbocycles. The van der Waals surface area contributed by atoms with Crippen LogP contribution < -0.4 is 4.90 Å². The number of aryl methyl sites for hydroxylation is 2. The van der Waals surface area contributed by atoms with E-state index < -0.39 is 0 Å². The SMILES string of the molecule is CCc1cc(N2CCC(=O)N(CC(=O)N3CCC(N(CC)C(C)=O)C3)CC2)ccc1-c1cnc(C)o1. The number of rotatable bonds is 7. The fourth-order valence-electron chi connectivity index (χ4n) is 5.31. The number of aromatic nitrogens is 1. The number of carbonyl (C=O) groups is 3. The number of hydrogen-bond acceptors (Lipinski definition) is 6. The Balaban J connectivity index is 1.38. The second-order valence-corrected chi connectivity index (χ2v) is 9.58.